The van der Waals surface area contributed by atoms with E-state index in [0.717, 1.165) is 37.5 Å². The van der Waals surface area contributed by atoms with Crippen LogP contribution in [-0.4, -0.2) is 51.0 Å². The lowest BCUT2D eigenvalue weighted by molar-refractivity contribution is -0.0334. The highest BCUT2D eigenvalue weighted by Crippen LogP contribution is 2.36. The van der Waals surface area contributed by atoms with Crippen LogP contribution in [0.4, 0.5) is 15.9 Å². The van der Waals surface area contributed by atoms with Crippen LogP contribution in [0.3, 0.4) is 0 Å². The van der Waals surface area contributed by atoms with Gasteiger partial charge in [0.1, 0.15) is 17.1 Å². The number of fused-ring (bicyclic) bond motifs is 1. The topological polar surface area (TPSA) is 117 Å². The van der Waals surface area contributed by atoms with Crippen LogP contribution in [0.2, 0.25) is 0 Å². The first kappa shape index (κ1) is 21.1. The molecule has 3 aromatic heterocycles. The number of nitrogens with one attached hydrogen (secondary N) is 1. The monoisotopic (exact) mass is 424 g/mol. The minimum absolute atomic E-state index is 0.0325. The maximum absolute atomic E-state index is 14.1. The van der Waals surface area contributed by atoms with Gasteiger partial charge in [-0.1, -0.05) is 0 Å². The molecule has 0 aliphatic carbocycles. The number of halogens is 1. The predicted molar refractivity (Wildman–Crippen MR) is 115 cm³/mol. The number of aliphatic hydroxyl groups is 1. The smallest absolute Gasteiger partial charge is 0.267 e. The Morgan fingerprint density at radius 3 is 2.71 bits per heavy atom. The second-order valence-electron chi connectivity index (χ2n) is 8.22. The van der Waals surface area contributed by atoms with E-state index in [2.05, 4.69) is 32.2 Å². The van der Waals surface area contributed by atoms with Crippen LogP contribution in [0, 0.1) is 11.7 Å². The van der Waals surface area contributed by atoms with Crippen LogP contribution in [-0.2, 0) is 5.60 Å². The molecule has 0 spiro atoms. The SMILES string of the molecule is CN1CCC([C@@](C)(O)c2ccc3cnc(Nc4cc(C(N)=O)ncc4F)cc3n2)CC1. The Balaban J connectivity index is 1.63. The van der Waals surface area contributed by atoms with Crippen molar-refractivity contribution in [2.45, 2.75) is 25.4 Å². The van der Waals surface area contributed by atoms with Gasteiger partial charge >= 0.3 is 0 Å². The number of primary amides is 1. The highest BCUT2D eigenvalue weighted by Gasteiger charge is 2.36. The van der Waals surface area contributed by atoms with Gasteiger partial charge in [-0.05, 0) is 64.0 Å². The zero-order valence-electron chi connectivity index (χ0n) is 17.5. The molecular weight excluding hydrogens is 399 g/mol. The van der Waals surface area contributed by atoms with Crippen LogP contribution in [0.25, 0.3) is 10.9 Å². The molecule has 9 heteroatoms. The Bertz CT molecular complexity index is 1130. The molecule has 1 aliphatic heterocycles. The minimum atomic E-state index is -1.06. The molecule has 1 aliphatic rings. The quantitative estimate of drug-likeness (QED) is 0.576. The van der Waals surface area contributed by atoms with Gasteiger partial charge in [0.25, 0.3) is 5.91 Å². The van der Waals surface area contributed by atoms with E-state index in [9.17, 15) is 14.3 Å². The largest absolute Gasteiger partial charge is 0.384 e. The Hall–Kier alpha value is -3.17. The molecule has 1 saturated heterocycles. The molecule has 1 fully saturated rings. The molecule has 0 saturated carbocycles. The van der Waals surface area contributed by atoms with Gasteiger partial charge in [0.05, 0.1) is 23.1 Å². The number of pyridine rings is 3. The summed E-state index contributed by atoms with van der Waals surface area (Å²) in [6.07, 6.45) is 4.34. The van der Waals surface area contributed by atoms with Crippen molar-refractivity contribution >= 4 is 28.3 Å². The molecular formula is C22H25FN6O2. The van der Waals surface area contributed by atoms with Crippen molar-refractivity contribution in [1.29, 1.82) is 0 Å². The van der Waals surface area contributed by atoms with Crippen molar-refractivity contribution in [2.75, 3.05) is 25.5 Å². The van der Waals surface area contributed by atoms with E-state index in [1.165, 1.54) is 6.07 Å². The van der Waals surface area contributed by atoms with E-state index >= 15 is 0 Å². The summed E-state index contributed by atoms with van der Waals surface area (Å²) in [6, 6.07) is 6.61. The van der Waals surface area contributed by atoms with E-state index in [1.807, 2.05) is 19.1 Å². The second-order valence-corrected chi connectivity index (χ2v) is 8.22. The third kappa shape index (κ3) is 4.33. The Labute approximate surface area is 179 Å². The predicted octanol–water partition coefficient (Wildman–Crippen LogP) is 2.56. The Kier molecular flexibility index (Phi) is 5.55. The maximum atomic E-state index is 14.1. The fourth-order valence-electron chi connectivity index (χ4n) is 3.95. The summed E-state index contributed by atoms with van der Waals surface area (Å²) in [5.74, 6) is -0.932. The number of piperidine rings is 1. The third-order valence-electron chi connectivity index (χ3n) is 5.98. The molecule has 0 radical (unpaired) electrons. The van der Waals surface area contributed by atoms with Gasteiger partial charge in [-0.2, -0.15) is 0 Å². The Morgan fingerprint density at radius 1 is 1.26 bits per heavy atom. The summed E-state index contributed by atoms with van der Waals surface area (Å²) in [4.78, 5) is 26.2. The van der Waals surface area contributed by atoms with Crippen LogP contribution in [0.5, 0.6) is 0 Å². The molecule has 162 valence electrons. The number of hydrogen-bond donors (Lipinski definition) is 3. The summed E-state index contributed by atoms with van der Waals surface area (Å²) in [5, 5.41) is 14.9. The number of likely N-dealkylation sites (tertiary alicyclic amines) is 1. The first-order chi connectivity index (χ1) is 14.7. The first-order valence-electron chi connectivity index (χ1n) is 10.1. The van der Waals surface area contributed by atoms with Crippen LogP contribution in [0.15, 0.2) is 36.7 Å². The van der Waals surface area contributed by atoms with Crippen molar-refractivity contribution in [3.8, 4) is 0 Å². The van der Waals surface area contributed by atoms with Gasteiger partial charge in [-0.3, -0.25) is 4.79 Å². The molecule has 0 bridgehead atoms. The number of nitrogens with two attached hydrogens (primary N) is 1. The number of nitrogens with zero attached hydrogens (tertiary/aromatic N) is 4. The van der Waals surface area contributed by atoms with E-state index in [-0.39, 0.29) is 17.3 Å². The lowest BCUT2D eigenvalue weighted by Crippen LogP contribution is -2.41. The molecule has 31 heavy (non-hydrogen) atoms. The van der Waals surface area contributed by atoms with Gasteiger partial charge in [-0.15, -0.1) is 0 Å². The number of carbonyl (C=O) groups is 1. The fraction of sp³-hybridized carbons (Fsp3) is 0.364. The first-order valence-corrected chi connectivity index (χ1v) is 10.1. The zero-order valence-corrected chi connectivity index (χ0v) is 17.5. The summed E-state index contributed by atoms with van der Waals surface area (Å²) in [6.45, 7) is 3.70. The molecule has 1 amide bonds. The summed E-state index contributed by atoms with van der Waals surface area (Å²) >= 11 is 0. The highest BCUT2D eigenvalue weighted by atomic mass is 19.1. The van der Waals surface area contributed by atoms with Crippen molar-refractivity contribution in [3.63, 3.8) is 0 Å². The van der Waals surface area contributed by atoms with Gasteiger partial charge in [0, 0.05) is 17.6 Å². The van der Waals surface area contributed by atoms with Crippen molar-refractivity contribution in [2.24, 2.45) is 11.7 Å². The molecule has 4 heterocycles. The van der Waals surface area contributed by atoms with Crippen molar-refractivity contribution < 1.29 is 14.3 Å². The van der Waals surface area contributed by atoms with Crippen LogP contribution in [0.1, 0.15) is 35.9 Å². The van der Waals surface area contributed by atoms with Gasteiger partial charge in [0.15, 0.2) is 5.82 Å². The number of anilines is 2. The molecule has 0 unspecified atom stereocenters. The molecule has 3 aromatic rings. The Morgan fingerprint density at radius 2 is 2.00 bits per heavy atom. The highest BCUT2D eigenvalue weighted by molar-refractivity contribution is 5.92. The summed E-state index contributed by atoms with van der Waals surface area (Å²) in [7, 11) is 2.08. The number of rotatable bonds is 5. The molecule has 4 rings (SSSR count). The van der Waals surface area contributed by atoms with Crippen LogP contribution < -0.4 is 11.1 Å². The van der Waals surface area contributed by atoms with Crippen molar-refractivity contribution in [1.82, 2.24) is 19.9 Å². The lowest BCUT2D eigenvalue weighted by Gasteiger charge is -2.38. The second kappa shape index (κ2) is 8.16. The number of aromatic nitrogens is 3. The fourth-order valence-corrected chi connectivity index (χ4v) is 3.95. The lowest BCUT2D eigenvalue weighted by atomic mass is 9.79. The maximum Gasteiger partial charge on any atom is 0.267 e. The molecule has 4 N–H and O–H groups in total. The average Bonchev–Trinajstić information content (AvgIpc) is 2.75. The van der Waals surface area contributed by atoms with Gasteiger partial charge in [0.2, 0.25) is 0 Å². The molecule has 8 nitrogen and oxygen atoms in total. The van der Waals surface area contributed by atoms with E-state index in [1.54, 1.807) is 12.3 Å². The third-order valence-corrected chi connectivity index (χ3v) is 5.98. The van der Waals surface area contributed by atoms with E-state index in [4.69, 9.17) is 5.73 Å². The molecule has 1 atom stereocenters. The number of hydrogen-bond acceptors (Lipinski definition) is 7. The normalized spacial score (nSPS) is 17.4. The minimum Gasteiger partial charge on any atom is -0.384 e. The van der Waals surface area contributed by atoms with Crippen molar-refractivity contribution in [3.05, 3.63) is 53.9 Å². The number of amides is 1. The zero-order chi connectivity index (χ0) is 22.2. The summed E-state index contributed by atoms with van der Waals surface area (Å²) in [5.41, 5.74) is 5.36. The van der Waals surface area contributed by atoms with E-state index < -0.39 is 17.3 Å². The number of carbonyl (C=O) groups excluding carboxylic acids is 1. The van der Waals surface area contributed by atoms with Gasteiger partial charge < -0.3 is 21.1 Å². The summed E-state index contributed by atoms with van der Waals surface area (Å²) < 4.78 is 14.1. The van der Waals surface area contributed by atoms with E-state index in [0.29, 0.717) is 17.0 Å². The van der Waals surface area contributed by atoms with Gasteiger partial charge in [-0.25, -0.2) is 19.3 Å². The molecule has 0 aromatic carbocycles. The average molecular weight is 424 g/mol. The standard InChI is InChI=1S/C22H25FN6O2/c1-22(31,14-5-7-29(2)8-6-14)19-4-3-13-11-26-20(10-16(13)27-19)28-17-9-18(21(24)30)25-12-15(17)23/h3-4,9-12,14,31H,5-8H2,1-2H3,(H2,24,30)(H,25,26,28)/t22-/m1/s1. The van der Waals surface area contributed by atoms with Crippen LogP contribution >= 0.6 is 0 Å².